The number of aromatic nitrogens is 4. The second-order valence-electron chi connectivity index (χ2n) is 4.71. The molecule has 0 spiro atoms. The topological polar surface area (TPSA) is 69.8 Å². The van der Waals surface area contributed by atoms with Crippen LogP contribution in [0, 0.1) is 0 Å². The standard InChI is InChI=1S/C15H14N4O2/c1-3-19-13-11(14(20)18(2)15(21)16-13)9-12(17-19)10-7-5-4-6-8-10/h4-9H,3H2,1-2H3. The molecule has 0 aliphatic carbocycles. The van der Waals surface area contributed by atoms with E-state index in [0.29, 0.717) is 23.6 Å². The molecule has 3 rings (SSSR count). The molecular weight excluding hydrogens is 268 g/mol. The molecule has 0 aromatic heterocycles. The Morgan fingerprint density at radius 2 is 1.86 bits per heavy atom. The molecule has 0 amide bonds. The first-order chi connectivity index (χ1) is 10.1. The van der Waals surface area contributed by atoms with Gasteiger partial charge in [0.25, 0.3) is 5.56 Å². The van der Waals surface area contributed by atoms with Crippen LogP contribution in [0.3, 0.4) is 0 Å². The van der Waals surface area contributed by atoms with Gasteiger partial charge in [0.2, 0.25) is 0 Å². The van der Waals surface area contributed by atoms with Gasteiger partial charge in [-0.1, -0.05) is 30.3 Å². The Kier molecular flexibility index (Phi) is 3.13. The van der Waals surface area contributed by atoms with Gasteiger partial charge >= 0.3 is 5.69 Å². The predicted molar refractivity (Wildman–Crippen MR) is 79.3 cm³/mol. The summed E-state index contributed by atoms with van der Waals surface area (Å²) in [5.74, 6) is 0.324. The van der Waals surface area contributed by atoms with Crippen molar-refractivity contribution in [3.8, 4) is 22.6 Å². The fourth-order valence-electron chi connectivity index (χ4n) is 2.23. The summed E-state index contributed by atoms with van der Waals surface area (Å²) < 4.78 is 2.59. The van der Waals surface area contributed by atoms with Crippen LogP contribution in [0.1, 0.15) is 6.92 Å². The maximum atomic E-state index is 12.3. The zero-order valence-electron chi connectivity index (χ0n) is 11.8. The van der Waals surface area contributed by atoms with E-state index in [4.69, 9.17) is 0 Å². The first-order valence-electron chi connectivity index (χ1n) is 6.66. The van der Waals surface area contributed by atoms with Crippen LogP contribution in [0.4, 0.5) is 0 Å². The van der Waals surface area contributed by atoms with Gasteiger partial charge < -0.3 is 0 Å². The molecule has 106 valence electrons. The molecule has 0 atom stereocenters. The van der Waals surface area contributed by atoms with E-state index in [0.717, 1.165) is 10.1 Å². The number of rotatable bonds is 2. The quantitative estimate of drug-likeness (QED) is 0.706. The van der Waals surface area contributed by atoms with Gasteiger partial charge in [-0.05, 0) is 13.0 Å². The van der Waals surface area contributed by atoms with Gasteiger partial charge in [0.05, 0.1) is 11.3 Å². The van der Waals surface area contributed by atoms with Crippen LogP contribution in [-0.4, -0.2) is 19.3 Å². The third kappa shape index (κ3) is 2.14. The van der Waals surface area contributed by atoms with E-state index >= 15 is 0 Å². The van der Waals surface area contributed by atoms with Crippen molar-refractivity contribution in [3.63, 3.8) is 0 Å². The number of aryl methyl sites for hydroxylation is 1. The average molecular weight is 282 g/mol. The molecule has 2 aliphatic rings. The molecule has 0 N–H and O–H groups in total. The lowest BCUT2D eigenvalue weighted by Gasteiger charge is -2.14. The molecule has 21 heavy (non-hydrogen) atoms. The minimum atomic E-state index is -0.566. The summed E-state index contributed by atoms with van der Waals surface area (Å²) in [5.41, 5.74) is 1.07. The van der Waals surface area contributed by atoms with Crippen molar-refractivity contribution in [2.45, 2.75) is 13.5 Å². The minimum absolute atomic E-state index is 0.324. The van der Waals surface area contributed by atoms with Crippen molar-refractivity contribution in [3.05, 3.63) is 57.2 Å². The minimum Gasteiger partial charge on any atom is -0.268 e. The Hall–Kier alpha value is -2.76. The summed E-state index contributed by atoms with van der Waals surface area (Å²) in [6, 6.07) is 11.3. The summed E-state index contributed by atoms with van der Waals surface area (Å²) in [4.78, 5) is 27.9. The average Bonchev–Trinajstić information content (AvgIpc) is 2.53. The smallest absolute Gasteiger partial charge is 0.268 e. The number of hydrogen-bond acceptors (Lipinski definition) is 4. The van der Waals surface area contributed by atoms with Crippen LogP contribution in [0.25, 0.3) is 22.6 Å². The summed E-state index contributed by atoms with van der Waals surface area (Å²) in [5, 5.41) is 4.47. The number of hydrogen-bond donors (Lipinski definition) is 0. The molecule has 0 unspecified atom stereocenters. The Balaban J connectivity index is 2.39. The number of fused-ring (bicyclic) bond motifs is 1. The molecule has 6 nitrogen and oxygen atoms in total. The first-order valence-corrected chi connectivity index (χ1v) is 6.66. The maximum Gasteiger partial charge on any atom is 0.352 e. The van der Waals surface area contributed by atoms with E-state index in [-0.39, 0.29) is 5.56 Å². The number of nitrogens with zero attached hydrogens (tertiary/aromatic N) is 4. The van der Waals surface area contributed by atoms with Gasteiger partial charge in [-0.25, -0.2) is 9.48 Å². The zero-order chi connectivity index (χ0) is 15.0. The van der Waals surface area contributed by atoms with Crippen LogP contribution in [0.2, 0.25) is 0 Å². The van der Waals surface area contributed by atoms with Crippen LogP contribution in [-0.2, 0) is 13.6 Å². The van der Waals surface area contributed by atoms with Crippen LogP contribution in [0.15, 0.2) is 46.0 Å². The molecule has 2 heterocycles. The first kappa shape index (κ1) is 13.2. The predicted octanol–water partition coefficient (Wildman–Crippen LogP) is 1.13. The van der Waals surface area contributed by atoms with Crippen molar-refractivity contribution in [2.24, 2.45) is 7.05 Å². The van der Waals surface area contributed by atoms with Gasteiger partial charge in [0, 0.05) is 19.2 Å². The fraction of sp³-hybridized carbons (Fsp3) is 0.200. The van der Waals surface area contributed by atoms with Crippen molar-refractivity contribution >= 4 is 0 Å². The SMILES string of the molecule is CCn1nc(-c2ccccc2)cc2c(=O)n(C)c(=O)nc1-2. The van der Waals surface area contributed by atoms with Crippen molar-refractivity contribution in [2.75, 3.05) is 0 Å². The summed E-state index contributed by atoms with van der Waals surface area (Å²) >= 11 is 0. The second-order valence-corrected chi connectivity index (χ2v) is 4.71. The molecule has 0 fully saturated rings. The fourth-order valence-corrected chi connectivity index (χ4v) is 2.23. The molecular formula is C15H14N4O2. The molecule has 0 bridgehead atoms. The molecule has 1 aromatic carbocycles. The van der Waals surface area contributed by atoms with Gasteiger partial charge in [0.15, 0.2) is 5.82 Å². The lowest BCUT2D eigenvalue weighted by atomic mass is 10.1. The van der Waals surface area contributed by atoms with Crippen LogP contribution in [0.5, 0.6) is 0 Å². The largest absolute Gasteiger partial charge is 0.352 e. The highest BCUT2D eigenvalue weighted by Crippen LogP contribution is 2.21. The lowest BCUT2D eigenvalue weighted by Crippen LogP contribution is -2.36. The van der Waals surface area contributed by atoms with Gasteiger partial charge in [0.1, 0.15) is 0 Å². The van der Waals surface area contributed by atoms with E-state index in [2.05, 4.69) is 10.1 Å². The third-order valence-electron chi connectivity index (χ3n) is 3.39. The highest BCUT2D eigenvalue weighted by atomic mass is 16.2. The molecule has 0 saturated heterocycles. The highest BCUT2D eigenvalue weighted by Gasteiger charge is 2.18. The summed E-state index contributed by atoms with van der Waals surface area (Å²) in [7, 11) is 1.43. The van der Waals surface area contributed by atoms with E-state index in [1.807, 2.05) is 37.3 Å². The molecule has 2 aliphatic heterocycles. The Labute approximate surface area is 120 Å². The Bertz CT molecular complexity index is 881. The zero-order valence-corrected chi connectivity index (χ0v) is 11.8. The van der Waals surface area contributed by atoms with Crippen molar-refractivity contribution in [1.82, 2.24) is 19.3 Å². The Morgan fingerprint density at radius 3 is 2.52 bits per heavy atom. The van der Waals surface area contributed by atoms with Gasteiger partial charge in [-0.15, -0.1) is 0 Å². The summed E-state index contributed by atoms with van der Waals surface area (Å²) in [6.07, 6.45) is 0. The monoisotopic (exact) mass is 282 g/mol. The lowest BCUT2D eigenvalue weighted by molar-refractivity contribution is 0.625. The molecule has 0 saturated carbocycles. The summed E-state index contributed by atoms with van der Waals surface area (Å²) in [6.45, 7) is 2.42. The van der Waals surface area contributed by atoms with Gasteiger partial charge in [-0.2, -0.15) is 10.1 Å². The van der Waals surface area contributed by atoms with E-state index in [9.17, 15) is 9.59 Å². The number of benzene rings is 1. The highest BCUT2D eigenvalue weighted by molar-refractivity contribution is 5.66. The van der Waals surface area contributed by atoms with Gasteiger partial charge in [-0.3, -0.25) is 9.36 Å². The molecule has 6 heteroatoms. The Morgan fingerprint density at radius 1 is 1.14 bits per heavy atom. The third-order valence-corrected chi connectivity index (χ3v) is 3.39. The van der Waals surface area contributed by atoms with E-state index < -0.39 is 5.69 Å². The van der Waals surface area contributed by atoms with Crippen molar-refractivity contribution < 1.29 is 0 Å². The van der Waals surface area contributed by atoms with Crippen LogP contribution < -0.4 is 11.2 Å². The van der Waals surface area contributed by atoms with Crippen molar-refractivity contribution in [1.29, 1.82) is 0 Å². The molecule has 0 radical (unpaired) electrons. The molecule has 1 aromatic rings. The van der Waals surface area contributed by atoms with Crippen LogP contribution >= 0.6 is 0 Å². The maximum absolute atomic E-state index is 12.3. The van der Waals surface area contributed by atoms with E-state index in [1.54, 1.807) is 10.7 Å². The van der Waals surface area contributed by atoms with E-state index in [1.165, 1.54) is 7.05 Å². The second kappa shape index (κ2) is 4.97. The normalized spacial score (nSPS) is 11.0.